The van der Waals surface area contributed by atoms with Crippen molar-refractivity contribution >= 4 is 6.09 Å². The number of nitrogens with zero attached hydrogens (tertiary/aromatic N) is 3. The first-order valence-electron chi connectivity index (χ1n) is 7.61. The lowest BCUT2D eigenvalue weighted by atomic mass is 10.1. The lowest BCUT2D eigenvalue weighted by Crippen LogP contribution is -2.60. The summed E-state index contributed by atoms with van der Waals surface area (Å²) in [5.41, 5.74) is -0.414. The second-order valence-corrected chi connectivity index (χ2v) is 6.54. The Hall–Kier alpha value is -1.56. The number of hydrogen-bond acceptors (Lipinski definition) is 4. The summed E-state index contributed by atoms with van der Waals surface area (Å²) in [4.78, 5) is 17.5. The normalized spacial score (nSPS) is 15.9. The first-order chi connectivity index (χ1) is 9.94. The molecule has 0 radical (unpaired) electrons. The summed E-state index contributed by atoms with van der Waals surface area (Å²) in [6.45, 7) is 9.16. The summed E-state index contributed by atoms with van der Waals surface area (Å²) in [7, 11) is 0. The molecule has 1 N–H and O–H groups in total. The van der Waals surface area contributed by atoms with Crippen LogP contribution in [0.5, 0.6) is 0 Å². The van der Waals surface area contributed by atoms with Crippen LogP contribution in [0.1, 0.15) is 33.6 Å². The zero-order valence-electron chi connectivity index (χ0n) is 13.2. The van der Waals surface area contributed by atoms with Gasteiger partial charge in [-0.1, -0.05) is 0 Å². The van der Waals surface area contributed by atoms with Crippen molar-refractivity contribution < 1.29 is 9.53 Å². The Labute approximate surface area is 126 Å². The maximum atomic E-state index is 11.8. The summed E-state index contributed by atoms with van der Waals surface area (Å²) in [5.74, 6) is 0. The van der Waals surface area contributed by atoms with E-state index in [4.69, 9.17) is 4.74 Å². The van der Waals surface area contributed by atoms with Crippen molar-refractivity contribution in [3.8, 4) is 0 Å². The number of carbonyl (C=O) groups is 1. The van der Waals surface area contributed by atoms with Gasteiger partial charge in [-0.25, -0.2) is 9.78 Å². The predicted molar refractivity (Wildman–Crippen MR) is 81.1 cm³/mol. The second kappa shape index (κ2) is 6.93. The molecule has 0 unspecified atom stereocenters. The summed E-state index contributed by atoms with van der Waals surface area (Å²) >= 11 is 0. The van der Waals surface area contributed by atoms with Crippen molar-refractivity contribution in [2.24, 2.45) is 0 Å². The van der Waals surface area contributed by atoms with Crippen LogP contribution in [-0.4, -0.2) is 51.8 Å². The van der Waals surface area contributed by atoms with Gasteiger partial charge in [0.05, 0.1) is 6.33 Å². The number of ether oxygens (including phenoxy) is 1. The number of rotatable bonds is 6. The Morgan fingerprint density at radius 2 is 2.14 bits per heavy atom. The zero-order chi connectivity index (χ0) is 15.3. The third-order valence-electron chi connectivity index (χ3n) is 3.37. The van der Waals surface area contributed by atoms with Gasteiger partial charge >= 0.3 is 6.09 Å². The number of aromatic nitrogens is 2. The van der Waals surface area contributed by atoms with Crippen LogP contribution in [0.4, 0.5) is 4.79 Å². The van der Waals surface area contributed by atoms with Crippen LogP contribution in [0.3, 0.4) is 0 Å². The van der Waals surface area contributed by atoms with Gasteiger partial charge < -0.3 is 19.5 Å². The van der Waals surface area contributed by atoms with E-state index in [9.17, 15) is 4.79 Å². The molecule has 1 saturated heterocycles. The number of nitrogens with one attached hydrogen (secondary N) is 1. The quantitative estimate of drug-likeness (QED) is 0.814. The molecule has 1 aromatic heterocycles. The monoisotopic (exact) mass is 294 g/mol. The van der Waals surface area contributed by atoms with Crippen LogP contribution < -0.4 is 5.32 Å². The molecule has 0 saturated carbocycles. The molecule has 0 aromatic carbocycles. The fourth-order valence-electron chi connectivity index (χ4n) is 2.23. The molecule has 6 nitrogen and oxygen atoms in total. The van der Waals surface area contributed by atoms with Gasteiger partial charge in [-0.05, 0) is 40.2 Å². The van der Waals surface area contributed by atoms with E-state index in [1.807, 2.05) is 33.3 Å². The van der Waals surface area contributed by atoms with Crippen molar-refractivity contribution in [1.29, 1.82) is 0 Å². The number of unbranched alkanes of at least 4 members (excludes halogenated alkanes) is 1. The van der Waals surface area contributed by atoms with E-state index >= 15 is 0 Å². The third-order valence-corrected chi connectivity index (χ3v) is 3.37. The van der Waals surface area contributed by atoms with E-state index < -0.39 is 5.60 Å². The number of imidazole rings is 1. The molecule has 118 valence electrons. The van der Waals surface area contributed by atoms with Crippen LogP contribution in [-0.2, 0) is 11.3 Å². The molecule has 0 bridgehead atoms. The lowest BCUT2D eigenvalue weighted by Gasteiger charge is -2.40. The minimum atomic E-state index is -0.414. The van der Waals surface area contributed by atoms with Crippen LogP contribution in [0.15, 0.2) is 18.7 Å². The van der Waals surface area contributed by atoms with Crippen molar-refractivity contribution in [1.82, 2.24) is 19.8 Å². The highest BCUT2D eigenvalue weighted by molar-refractivity contribution is 5.69. The molecule has 21 heavy (non-hydrogen) atoms. The topological polar surface area (TPSA) is 59.4 Å². The first-order valence-corrected chi connectivity index (χ1v) is 7.61. The maximum absolute atomic E-state index is 11.8. The molecule has 1 amide bonds. The molecule has 1 aliphatic heterocycles. The highest BCUT2D eigenvalue weighted by atomic mass is 16.6. The average Bonchev–Trinajstić information content (AvgIpc) is 2.81. The SMILES string of the molecule is CC(C)(C)OC(=O)N1CC(NCCCCn2ccnc2)C1. The van der Waals surface area contributed by atoms with Gasteiger partial charge in [0, 0.05) is 38.1 Å². The Kier molecular flexibility index (Phi) is 5.22. The molecule has 0 spiro atoms. The highest BCUT2D eigenvalue weighted by Crippen LogP contribution is 2.15. The molecule has 2 heterocycles. The molecule has 1 aromatic rings. The molecule has 2 rings (SSSR count). The van der Waals surface area contributed by atoms with Gasteiger partial charge in [0.2, 0.25) is 0 Å². The summed E-state index contributed by atoms with van der Waals surface area (Å²) in [6.07, 6.45) is 7.68. The summed E-state index contributed by atoms with van der Waals surface area (Å²) < 4.78 is 7.42. The van der Waals surface area contributed by atoms with Crippen LogP contribution in [0.2, 0.25) is 0 Å². The highest BCUT2D eigenvalue weighted by Gasteiger charge is 2.32. The maximum Gasteiger partial charge on any atom is 0.410 e. The molecular formula is C15H26N4O2. The Morgan fingerprint density at radius 1 is 1.38 bits per heavy atom. The fraction of sp³-hybridized carbons (Fsp3) is 0.733. The number of hydrogen-bond donors (Lipinski definition) is 1. The van der Waals surface area contributed by atoms with E-state index in [1.165, 1.54) is 0 Å². The van der Waals surface area contributed by atoms with Crippen molar-refractivity contribution in [2.75, 3.05) is 19.6 Å². The van der Waals surface area contributed by atoms with Gasteiger partial charge in [0.15, 0.2) is 0 Å². The lowest BCUT2D eigenvalue weighted by molar-refractivity contribution is 0.00535. The first kappa shape index (κ1) is 15.8. The number of carbonyl (C=O) groups excluding carboxylic acids is 1. The zero-order valence-corrected chi connectivity index (χ0v) is 13.2. The van der Waals surface area contributed by atoms with Crippen LogP contribution >= 0.6 is 0 Å². The molecule has 6 heteroatoms. The molecule has 0 atom stereocenters. The van der Waals surface area contributed by atoms with E-state index in [-0.39, 0.29) is 6.09 Å². The smallest absolute Gasteiger partial charge is 0.410 e. The number of likely N-dealkylation sites (tertiary alicyclic amines) is 1. The third kappa shape index (κ3) is 5.38. The van der Waals surface area contributed by atoms with Crippen LogP contribution in [0.25, 0.3) is 0 Å². The van der Waals surface area contributed by atoms with Gasteiger partial charge in [0.1, 0.15) is 5.60 Å². The number of aryl methyl sites for hydroxylation is 1. The van der Waals surface area contributed by atoms with Gasteiger partial charge in [-0.15, -0.1) is 0 Å². The predicted octanol–water partition coefficient (Wildman–Crippen LogP) is 1.87. The molecular weight excluding hydrogens is 268 g/mol. The summed E-state index contributed by atoms with van der Waals surface area (Å²) in [5, 5.41) is 3.47. The number of amides is 1. The van der Waals surface area contributed by atoms with Crippen LogP contribution in [0, 0.1) is 0 Å². The molecule has 1 aliphatic rings. The summed E-state index contributed by atoms with van der Waals surface area (Å²) in [6, 6.07) is 0.408. The van der Waals surface area contributed by atoms with Crippen molar-refractivity contribution in [3.63, 3.8) is 0 Å². The average molecular weight is 294 g/mol. The fourth-order valence-corrected chi connectivity index (χ4v) is 2.23. The van der Waals surface area contributed by atoms with E-state index in [0.29, 0.717) is 6.04 Å². The Morgan fingerprint density at radius 3 is 2.76 bits per heavy atom. The molecule has 0 aliphatic carbocycles. The Balaban J connectivity index is 1.50. The molecule has 1 fully saturated rings. The second-order valence-electron chi connectivity index (χ2n) is 6.54. The van der Waals surface area contributed by atoms with Gasteiger partial charge in [-0.3, -0.25) is 0 Å². The minimum Gasteiger partial charge on any atom is -0.444 e. The van der Waals surface area contributed by atoms with Gasteiger partial charge in [-0.2, -0.15) is 0 Å². The standard InChI is InChI=1S/C15H26N4O2/c1-15(2,3)21-14(20)19-10-13(11-19)17-6-4-5-8-18-9-7-16-12-18/h7,9,12-13,17H,4-6,8,10-11H2,1-3H3. The van der Waals surface area contributed by atoms with E-state index in [0.717, 1.165) is 39.0 Å². The van der Waals surface area contributed by atoms with E-state index in [2.05, 4.69) is 14.9 Å². The van der Waals surface area contributed by atoms with Crippen molar-refractivity contribution in [3.05, 3.63) is 18.7 Å². The Bertz CT molecular complexity index is 433. The van der Waals surface area contributed by atoms with Gasteiger partial charge in [0.25, 0.3) is 0 Å². The largest absolute Gasteiger partial charge is 0.444 e. The minimum absolute atomic E-state index is 0.208. The van der Waals surface area contributed by atoms with Crippen molar-refractivity contribution in [2.45, 2.75) is 51.8 Å². The van der Waals surface area contributed by atoms with E-state index in [1.54, 1.807) is 11.1 Å².